The summed E-state index contributed by atoms with van der Waals surface area (Å²) in [7, 11) is 0. The summed E-state index contributed by atoms with van der Waals surface area (Å²) < 4.78 is 11.9. The van der Waals surface area contributed by atoms with Crippen molar-refractivity contribution in [2.45, 2.75) is 0 Å². The molecule has 0 unspecified atom stereocenters. The van der Waals surface area contributed by atoms with E-state index >= 15 is 0 Å². The van der Waals surface area contributed by atoms with Crippen LogP contribution in [-0.4, -0.2) is 9.97 Å². The van der Waals surface area contributed by atoms with E-state index in [1.807, 2.05) is 72.8 Å². The van der Waals surface area contributed by atoms with Crippen molar-refractivity contribution in [2.24, 2.45) is 0 Å². The van der Waals surface area contributed by atoms with Gasteiger partial charge in [0.15, 0.2) is 11.2 Å². The van der Waals surface area contributed by atoms with Crippen molar-refractivity contribution in [3.63, 3.8) is 0 Å². The maximum Gasteiger partial charge on any atom is 0.220 e. The Balaban J connectivity index is 0.927. The lowest BCUT2D eigenvalue weighted by atomic mass is 10.0. The maximum absolute atomic E-state index is 5.96. The predicted molar refractivity (Wildman–Crippen MR) is 189 cm³/mol. The summed E-state index contributed by atoms with van der Waals surface area (Å²) in [6.45, 7) is 0. The topological polar surface area (TPSA) is 52.1 Å². The van der Waals surface area contributed by atoms with Gasteiger partial charge in [-0.25, -0.2) is 9.97 Å². The van der Waals surface area contributed by atoms with Gasteiger partial charge in [-0.3, -0.25) is 0 Å². The normalized spacial score (nSPS) is 11.7. The molecule has 0 amide bonds. The van der Waals surface area contributed by atoms with E-state index in [1.165, 1.54) is 0 Å². The van der Waals surface area contributed by atoms with Crippen molar-refractivity contribution in [1.82, 2.24) is 9.97 Å². The highest BCUT2D eigenvalue weighted by Gasteiger charge is 2.07. The fraction of sp³-hybridized carbons (Fsp3) is 0. The summed E-state index contributed by atoms with van der Waals surface area (Å²) in [6.07, 6.45) is 7.87. The number of fused-ring (bicyclic) bond motifs is 2. The zero-order chi connectivity index (χ0) is 30.7. The molecule has 0 fully saturated rings. The molecule has 46 heavy (non-hydrogen) atoms. The van der Waals surface area contributed by atoms with Gasteiger partial charge in [-0.05, 0) is 80.9 Å². The van der Waals surface area contributed by atoms with Crippen molar-refractivity contribution >= 4 is 46.5 Å². The predicted octanol–water partition coefficient (Wildman–Crippen LogP) is 11.3. The molecule has 2 aromatic heterocycles. The van der Waals surface area contributed by atoms with Crippen molar-refractivity contribution in [3.05, 3.63) is 169 Å². The highest BCUT2D eigenvalue weighted by Crippen LogP contribution is 2.27. The van der Waals surface area contributed by atoms with E-state index in [2.05, 4.69) is 107 Å². The molecule has 0 aliphatic heterocycles. The van der Waals surface area contributed by atoms with E-state index in [9.17, 15) is 0 Å². The molecule has 0 bridgehead atoms. The lowest BCUT2D eigenvalue weighted by Crippen LogP contribution is -1.80. The van der Waals surface area contributed by atoms with Crippen LogP contribution < -0.4 is 0 Å². The van der Waals surface area contributed by atoms with Crippen molar-refractivity contribution in [1.29, 1.82) is 0 Å². The van der Waals surface area contributed by atoms with Crippen molar-refractivity contribution in [2.75, 3.05) is 0 Å². The third kappa shape index (κ3) is 5.80. The number of nitrogens with zero attached hydrogens (tertiary/aromatic N) is 2. The molecule has 0 atom stereocenters. The molecule has 8 aromatic rings. The van der Waals surface area contributed by atoms with Crippen LogP contribution in [0.3, 0.4) is 0 Å². The van der Waals surface area contributed by atoms with Gasteiger partial charge >= 0.3 is 0 Å². The van der Waals surface area contributed by atoms with Crippen molar-refractivity contribution in [3.8, 4) is 33.4 Å². The minimum Gasteiger partial charge on any atom is -0.437 e. The second kappa shape index (κ2) is 12.0. The van der Waals surface area contributed by atoms with Crippen LogP contribution in [0.2, 0.25) is 0 Å². The molecule has 0 saturated carbocycles. The Hall–Kier alpha value is -6.26. The first-order chi connectivity index (χ1) is 22.7. The molecule has 0 N–H and O–H groups in total. The van der Waals surface area contributed by atoms with Crippen LogP contribution in [0, 0.1) is 0 Å². The number of rotatable bonds is 7. The molecule has 0 aliphatic carbocycles. The van der Waals surface area contributed by atoms with Crippen LogP contribution in [0.4, 0.5) is 0 Å². The summed E-state index contributed by atoms with van der Waals surface area (Å²) in [4.78, 5) is 9.36. The van der Waals surface area contributed by atoms with Crippen LogP contribution in [0.25, 0.3) is 79.9 Å². The number of oxazole rings is 2. The molecule has 0 radical (unpaired) electrons. The van der Waals surface area contributed by atoms with Gasteiger partial charge in [0.2, 0.25) is 11.8 Å². The van der Waals surface area contributed by atoms with Gasteiger partial charge in [-0.1, -0.05) is 121 Å². The molecule has 8 rings (SSSR count). The van der Waals surface area contributed by atoms with Gasteiger partial charge in [-0.15, -0.1) is 0 Å². The Kier molecular flexibility index (Phi) is 7.14. The molecule has 2 heterocycles. The highest BCUT2D eigenvalue weighted by molar-refractivity contribution is 5.83. The molecule has 4 heteroatoms. The summed E-state index contributed by atoms with van der Waals surface area (Å²) in [6, 6.07) is 49.8. The number of hydrogen-bond acceptors (Lipinski definition) is 4. The van der Waals surface area contributed by atoms with E-state index < -0.39 is 0 Å². The third-order valence-corrected chi connectivity index (χ3v) is 8.01. The molecular weight excluding hydrogens is 564 g/mol. The largest absolute Gasteiger partial charge is 0.437 e. The SMILES string of the molecule is C(=C\c1nc2cc(-c3ccccc3)ccc2o1)/c1ccc(-c2ccc(/C=C/c3nc4cc(-c5ccccc5)ccc4o3)cc2)cc1. The van der Waals surface area contributed by atoms with Crippen LogP contribution in [0.5, 0.6) is 0 Å². The smallest absolute Gasteiger partial charge is 0.220 e. The standard InChI is InChI=1S/C42H28N2O2/c1-3-7-31(8-4-1)35-21-23-39-37(27-35)43-41(45-39)25-15-29-11-17-33(18-12-29)34-19-13-30(14-20-34)16-26-42-44-38-28-36(22-24-40(38)46-42)32-9-5-2-6-10-32/h1-28H/b25-15+,26-16+. The first-order valence-electron chi connectivity index (χ1n) is 15.2. The fourth-order valence-corrected chi connectivity index (χ4v) is 5.56. The van der Waals surface area contributed by atoms with Crippen LogP contribution >= 0.6 is 0 Å². The molecule has 0 aliphatic rings. The number of aromatic nitrogens is 2. The Morgan fingerprint density at radius 1 is 0.348 bits per heavy atom. The molecule has 4 nitrogen and oxygen atoms in total. The van der Waals surface area contributed by atoms with E-state index in [-0.39, 0.29) is 0 Å². The van der Waals surface area contributed by atoms with Crippen molar-refractivity contribution < 1.29 is 8.83 Å². The van der Waals surface area contributed by atoms with Crippen LogP contribution in [0.1, 0.15) is 22.9 Å². The molecule has 0 spiro atoms. The zero-order valence-corrected chi connectivity index (χ0v) is 24.9. The molecule has 0 saturated heterocycles. The van der Waals surface area contributed by atoms with Gasteiger partial charge in [-0.2, -0.15) is 0 Å². The average molecular weight is 593 g/mol. The van der Waals surface area contributed by atoms with Gasteiger partial charge in [0.05, 0.1) is 0 Å². The van der Waals surface area contributed by atoms with E-state index in [4.69, 9.17) is 8.83 Å². The summed E-state index contributed by atoms with van der Waals surface area (Å²) in [5.41, 5.74) is 12.3. The van der Waals surface area contributed by atoms with Gasteiger partial charge < -0.3 is 8.83 Å². The minimum atomic E-state index is 0.586. The Labute approximate surface area is 266 Å². The van der Waals surface area contributed by atoms with Gasteiger partial charge in [0.25, 0.3) is 0 Å². The monoisotopic (exact) mass is 592 g/mol. The lowest BCUT2D eigenvalue weighted by molar-refractivity contribution is 0.589. The molecular formula is C42H28N2O2. The summed E-state index contributed by atoms with van der Waals surface area (Å²) >= 11 is 0. The highest BCUT2D eigenvalue weighted by atomic mass is 16.4. The van der Waals surface area contributed by atoms with E-state index in [0.29, 0.717) is 11.8 Å². The minimum absolute atomic E-state index is 0.586. The first kappa shape index (κ1) is 27.3. The molecule has 218 valence electrons. The second-order valence-corrected chi connectivity index (χ2v) is 11.1. The van der Waals surface area contributed by atoms with E-state index in [0.717, 1.165) is 66.7 Å². The zero-order valence-electron chi connectivity index (χ0n) is 24.9. The Morgan fingerprint density at radius 3 is 1.13 bits per heavy atom. The van der Waals surface area contributed by atoms with Crippen LogP contribution in [-0.2, 0) is 0 Å². The number of benzene rings is 6. The molecule has 6 aromatic carbocycles. The van der Waals surface area contributed by atoms with Crippen LogP contribution in [0.15, 0.2) is 154 Å². The summed E-state index contributed by atoms with van der Waals surface area (Å²) in [5, 5.41) is 0. The first-order valence-corrected chi connectivity index (χ1v) is 15.2. The maximum atomic E-state index is 5.96. The third-order valence-electron chi connectivity index (χ3n) is 8.01. The Morgan fingerprint density at radius 2 is 0.717 bits per heavy atom. The van der Waals surface area contributed by atoms with E-state index in [1.54, 1.807) is 0 Å². The average Bonchev–Trinajstić information content (AvgIpc) is 3.74. The fourth-order valence-electron chi connectivity index (χ4n) is 5.56. The summed E-state index contributed by atoms with van der Waals surface area (Å²) in [5.74, 6) is 1.17. The Bertz CT molecular complexity index is 2160. The van der Waals surface area contributed by atoms with Gasteiger partial charge in [0, 0.05) is 12.2 Å². The van der Waals surface area contributed by atoms with Gasteiger partial charge in [0.1, 0.15) is 11.0 Å². The number of hydrogen-bond donors (Lipinski definition) is 0. The lowest BCUT2D eigenvalue weighted by Gasteiger charge is -2.03. The quantitative estimate of drug-likeness (QED) is 0.185. The second-order valence-electron chi connectivity index (χ2n) is 11.1.